The Hall–Kier alpha value is -3.17. The fourth-order valence-electron chi connectivity index (χ4n) is 4.76. The van der Waals surface area contributed by atoms with Crippen LogP contribution >= 0.6 is 0 Å². The van der Waals surface area contributed by atoms with E-state index in [1.54, 1.807) is 12.1 Å². The summed E-state index contributed by atoms with van der Waals surface area (Å²) in [4.78, 5) is 30.1. The summed E-state index contributed by atoms with van der Waals surface area (Å²) in [5, 5.41) is 13.8. The van der Waals surface area contributed by atoms with Gasteiger partial charge in [-0.25, -0.2) is 4.39 Å². The molecule has 0 bridgehead atoms. The number of fused-ring (bicyclic) bond motifs is 1. The van der Waals surface area contributed by atoms with Gasteiger partial charge >= 0.3 is 0 Å². The number of halogens is 1. The van der Waals surface area contributed by atoms with Crippen molar-refractivity contribution in [1.29, 1.82) is 0 Å². The van der Waals surface area contributed by atoms with Gasteiger partial charge in [-0.3, -0.25) is 9.59 Å². The van der Waals surface area contributed by atoms with Crippen LogP contribution in [0.1, 0.15) is 41.3 Å². The molecule has 0 aliphatic carbocycles. The van der Waals surface area contributed by atoms with Crippen LogP contribution in [-0.4, -0.2) is 73.7 Å². The van der Waals surface area contributed by atoms with E-state index in [-0.39, 0.29) is 35.8 Å². The number of aliphatic hydroxyl groups excluding tert-OH is 1. The number of hydrogen-bond donors (Lipinski definition) is 2. The van der Waals surface area contributed by atoms with Crippen molar-refractivity contribution < 1.29 is 28.6 Å². The number of carbonyl (C=O) groups is 2. The Morgan fingerprint density at radius 2 is 1.71 bits per heavy atom. The maximum atomic E-state index is 14.6. The number of nitrogens with one attached hydrogen (secondary N) is 1. The van der Waals surface area contributed by atoms with Gasteiger partial charge in [0.15, 0.2) is 17.3 Å². The molecule has 0 aromatic heterocycles. The number of carbonyl (C=O) groups excluding carboxylic acids is 2. The molecule has 3 aliphatic rings. The number of amides is 1. The molecule has 5 rings (SSSR count). The Kier molecular flexibility index (Phi) is 6.88. The molecule has 2 fully saturated rings. The number of hydrogen-bond acceptors (Lipinski definition) is 7. The molecular weight excluding hydrogens is 453 g/mol. The summed E-state index contributed by atoms with van der Waals surface area (Å²) in [5.74, 6) is -1.88. The Bertz CT molecular complexity index is 1080. The minimum Gasteiger partial charge on any atom is -0.486 e. The second kappa shape index (κ2) is 10.2. The van der Waals surface area contributed by atoms with Gasteiger partial charge in [0.1, 0.15) is 19.3 Å². The number of nitrogens with zero attached hydrogens (tertiary/aromatic N) is 2. The summed E-state index contributed by atoms with van der Waals surface area (Å²) in [6.45, 7) is 4.52. The molecule has 3 aliphatic heterocycles. The average molecular weight is 484 g/mol. The van der Waals surface area contributed by atoms with Gasteiger partial charge in [-0.1, -0.05) is 0 Å². The molecular formula is C26H30FN3O5. The second-order valence-electron chi connectivity index (χ2n) is 9.28. The topological polar surface area (TPSA) is 91.3 Å². The van der Waals surface area contributed by atoms with E-state index in [0.717, 1.165) is 51.1 Å². The fourth-order valence-corrected chi connectivity index (χ4v) is 4.76. The molecule has 2 N–H and O–H groups in total. The minimum absolute atomic E-state index is 0.0167. The van der Waals surface area contributed by atoms with Crippen LogP contribution < -0.4 is 19.7 Å². The molecule has 35 heavy (non-hydrogen) atoms. The van der Waals surface area contributed by atoms with Gasteiger partial charge in [0.2, 0.25) is 5.78 Å². The number of anilines is 1. The zero-order valence-electron chi connectivity index (χ0n) is 19.5. The Morgan fingerprint density at radius 1 is 1.00 bits per heavy atom. The lowest BCUT2D eigenvalue weighted by Gasteiger charge is -2.36. The highest BCUT2D eigenvalue weighted by Crippen LogP contribution is 2.36. The van der Waals surface area contributed by atoms with Crippen LogP contribution in [0.2, 0.25) is 0 Å². The highest BCUT2D eigenvalue weighted by molar-refractivity contribution is 6.42. The van der Waals surface area contributed by atoms with Crippen LogP contribution in [0.4, 0.5) is 10.1 Å². The Balaban J connectivity index is 1.31. The third-order valence-corrected chi connectivity index (χ3v) is 6.87. The van der Waals surface area contributed by atoms with Crippen molar-refractivity contribution in [2.75, 3.05) is 50.8 Å². The van der Waals surface area contributed by atoms with Gasteiger partial charge < -0.3 is 29.7 Å². The minimum atomic E-state index is -1.24. The number of ether oxygens (including phenoxy) is 2. The third-order valence-electron chi connectivity index (χ3n) is 6.87. The molecule has 3 heterocycles. The molecule has 0 spiro atoms. The zero-order valence-corrected chi connectivity index (χ0v) is 19.5. The maximum Gasteiger partial charge on any atom is 0.292 e. The van der Waals surface area contributed by atoms with Gasteiger partial charge in [0.25, 0.3) is 5.91 Å². The van der Waals surface area contributed by atoms with Crippen LogP contribution in [0.25, 0.3) is 0 Å². The molecule has 2 atom stereocenters. The Labute approximate surface area is 203 Å². The molecule has 186 valence electrons. The smallest absolute Gasteiger partial charge is 0.292 e. The number of aliphatic hydroxyl groups is 1. The standard InChI is InChI=1S/C26H30FN3O5/c27-20-14-18(15-22-25(20)35-13-12-34-22)23(31)21(16-29-8-3-9-29)28-26(33)24(32)17-4-6-19(7-5-17)30-10-1-2-11-30/h4-7,14-15,21,23,31H,1-3,8-13,16H2,(H,28,33). The fraction of sp³-hybridized carbons (Fsp3) is 0.462. The predicted octanol–water partition coefficient (Wildman–Crippen LogP) is 2.30. The van der Waals surface area contributed by atoms with Crippen LogP contribution in [0, 0.1) is 5.82 Å². The summed E-state index contributed by atoms with van der Waals surface area (Å²) < 4.78 is 25.4. The lowest BCUT2D eigenvalue weighted by molar-refractivity contribution is -0.118. The molecule has 0 saturated carbocycles. The summed E-state index contributed by atoms with van der Waals surface area (Å²) >= 11 is 0. The van der Waals surface area contributed by atoms with E-state index in [9.17, 15) is 19.1 Å². The number of Topliss-reactive ketones (excluding diaryl/α,β-unsaturated/α-hetero) is 1. The molecule has 2 aromatic carbocycles. The highest BCUT2D eigenvalue weighted by atomic mass is 19.1. The first-order chi connectivity index (χ1) is 17.0. The first-order valence-corrected chi connectivity index (χ1v) is 12.2. The number of ketones is 1. The SMILES string of the molecule is O=C(NC(CN1CCC1)C(O)c1cc(F)c2c(c1)OCCO2)C(=O)c1ccc(N2CCCC2)cc1. The molecule has 2 unspecified atom stereocenters. The van der Waals surface area contributed by atoms with Crippen LogP contribution in [0.5, 0.6) is 11.5 Å². The van der Waals surface area contributed by atoms with Crippen molar-refractivity contribution in [3.8, 4) is 11.5 Å². The van der Waals surface area contributed by atoms with Crippen molar-refractivity contribution >= 4 is 17.4 Å². The number of rotatable bonds is 8. The first-order valence-electron chi connectivity index (χ1n) is 12.2. The average Bonchev–Trinajstić information content (AvgIpc) is 3.39. The number of likely N-dealkylation sites (tertiary alicyclic amines) is 1. The van der Waals surface area contributed by atoms with Crippen molar-refractivity contribution in [3.63, 3.8) is 0 Å². The van der Waals surface area contributed by atoms with Gasteiger partial charge in [0.05, 0.1) is 6.04 Å². The van der Waals surface area contributed by atoms with Gasteiger partial charge in [-0.15, -0.1) is 0 Å². The lowest BCUT2D eigenvalue weighted by Crippen LogP contribution is -2.52. The van der Waals surface area contributed by atoms with Crippen molar-refractivity contribution in [1.82, 2.24) is 10.2 Å². The molecule has 0 radical (unpaired) electrons. The second-order valence-corrected chi connectivity index (χ2v) is 9.28. The molecule has 2 aromatic rings. The first kappa shape index (κ1) is 23.6. The summed E-state index contributed by atoms with van der Waals surface area (Å²) in [7, 11) is 0. The lowest BCUT2D eigenvalue weighted by atomic mass is 9.99. The van der Waals surface area contributed by atoms with Gasteiger partial charge in [0, 0.05) is 30.9 Å². The van der Waals surface area contributed by atoms with Crippen molar-refractivity contribution in [2.24, 2.45) is 0 Å². The van der Waals surface area contributed by atoms with Crippen molar-refractivity contribution in [2.45, 2.75) is 31.4 Å². The predicted molar refractivity (Wildman–Crippen MR) is 128 cm³/mol. The van der Waals surface area contributed by atoms with Crippen LogP contribution in [-0.2, 0) is 4.79 Å². The molecule has 2 saturated heterocycles. The monoisotopic (exact) mass is 483 g/mol. The van der Waals surface area contributed by atoms with Gasteiger partial charge in [-0.05, 0) is 74.3 Å². The van der Waals surface area contributed by atoms with Crippen LogP contribution in [0.15, 0.2) is 36.4 Å². The van der Waals surface area contributed by atoms with E-state index in [2.05, 4.69) is 15.1 Å². The van der Waals surface area contributed by atoms with Crippen molar-refractivity contribution in [3.05, 3.63) is 53.3 Å². The molecule has 8 nitrogen and oxygen atoms in total. The third kappa shape index (κ3) is 5.11. The summed E-state index contributed by atoms with van der Waals surface area (Å²) in [6, 6.07) is 8.94. The van der Waals surface area contributed by atoms with E-state index >= 15 is 0 Å². The Morgan fingerprint density at radius 3 is 2.40 bits per heavy atom. The van der Waals surface area contributed by atoms with E-state index in [0.29, 0.717) is 6.54 Å². The molecule has 1 amide bonds. The maximum absolute atomic E-state index is 14.6. The highest BCUT2D eigenvalue weighted by Gasteiger charge is 2.31. The summed E-state index contributed by atoms with van der Waals surface area (Å²) in [5.41, 5.74) is 1.57. The van der Waals surface area contributed by atoms with E-state index in [1.165, 1.54) is 12.1 Å². The quantitative estimate of drug-likeness (QED) is 0.440. The molecule has 9 heteroatoms. The summed E-state index contributed by atoms with van der Waals surface area (Å²) in [6.07, 6.45) is 2.08. The van der Waals surface area contributed by atoms with E-state index in [1.807, 2.05) is 12.1 Å². The van der Waals surface area contributed by atoms with Gasteiger partial charge in [-0.2, -0.15) is 0 Å². The largest absolute Gasteiger partial charge is 0.486 e. The van der Waals surface area contributed by atoms with E-state index in [4.69, 9.17) is 9.47 Å². The normalized spacial score (nSPS) is 19.1. The van der Waals surface area contributed by atoms with Crippen LogP contribution in [0.3, 0.4) is 0 Å². The number of benzene rings is 2. The van der Waals surface area contributed by atoms with E-state index < -0.39 is 29.7 Å². The zero-order chi connectivity index (χ0) is 24.4.